The molecule has 2 heterocycles. The number of nitro groups is 1. The van der Waals surface area contributed by atoms with Gasteiger partial charge < -0.3 is 19.9 Å². The lowest BCUT2D eigenvalue weighted by molar-refractivity contribution is -0.383. The van der Waals surface area contributed by atoms with E-state index in [1.165, 1.54) is 6.33 Å². The molecule has 0 aliphatic carbocycles. The van der Waals surface area contributed by atoms with Gasteiger partial charge in [0.2, 0.25) is 11.6 Å². The van der Waals surface area contributed by atoms with Crippen LogP contribution in [0.2, 0.25) is 5.02 Å². The molecule has 3 rings (SSSR count). The fourth-order valence-corrected chi connectivity index (χ4v) is 3.43. The largest absolute Gasteiger partial charge is 0.383 e. The zero-order valence-electron chi connectivity index (χ0n) is 15.8. The molecule has 1 saturated heterocycles. The Morgan fingerprint density at radius 1 is 1.29 bits per heavy atom. The molecule has 1 aromatic heterocycles. The van der Waals surface area contributed by atoms with Gasteiger partial charge in [-0.25, -0.2) is 9.97 Å². The minimum absolute atomic E-state index is 0.110. The van der Waals surface area contributed by atoms with Crippen LogP contribution < -0.4 is 15.1 Å². The summed E-state index contributed by atoms with van der Waals surface area (Å²) in [4.78, 5) is 23.7. The van der Waals surface area contributed by atoms with Crippen molar-refractivity contribution in [3.05, 3.63) is 45.7 Å². The predicted octanol–water partition coefficient (Wildman–Crippen LogP) is 2.81. The lowest BCUT2D eigenvalue weighted by atomic mass is 10.2. The number of piperazine rings is 1. The van der Waals surface area contributed by atoms with Gasteiger partial charge in [-0.3, -0.25) is 10.1 Å². The molecular weight excluding hydrogens is 384 g/mol. The van der Waals surface area contributed by atoms with Gasteiger partial charge in [-0.1, -0.05) is 17.7 Å². The molecule has 0 spiro atoms. The van der Waals surface area contributed by atoms with E-state index >= 15 is 0 Å². The lowest BCUT2D eigenvalue weighted by Crippen LogP contribution is -2.47. The molecule has 28 heavy (non-hydrogen) atoms. The van der Waals surface area contributed by atoms with E-state index in [2.05, 4.69) is 20.2 Å². The summed E-state index contributed by atoms with van der Waals surface area (Å²) in [5.41, 5.74) is 0.932. The molecule has 150 valence electrons. The summed E-state index contributed by atoms with van der Waals surface area (Å²) < 4.78 is 5.08. The molecule has 0 saturated carbocycles. The van der Waals surface area contributed by atoms with Crippen LogP contribution in [0.1, 0.15) is 6.92 Å². The molecule has 0 amide bonds. The molecule has 1 fully saturated rings. The van der Waals surface area contributed by atoms with E-state index in [-0.39, 0.29) is 17.5 Å². The summed E-state index contributed by atoms with van der Waals surface area (Å²) in [6.07, 6.45) is 1.35. The van der Waals surface area contributed by atoms with Gasteiger partial charge in [-0.2, -0.15) is 0 Å². The van der Waals surface area contributed by atoms with Crippen molar-refractivity contribution in [1.29, 1.82) is 0 Å². The number of ether oxygens (including phenoxy) is 1. The topological polar surface area (TPSA) is 96.7 Å². The maximum absolute atomic E-state index is 11.8. The van der Waals surface area contributed by atoms with Crippen molar-refractivity contribution in [2.24, 2.45) is 0 Å². The number of hydrogen-bond donors (Lipinski definition) is 1. The Kier molecular flexibility index (Phi) is 6.48. The van der Waals surface area contributed by atoms with Gasteiger partial charge in [0.15, 0.2) is 0 Å². The van der Waals surface area contributed by atoms with Gasteiger partial charge in [0, 0.05) is 50.0 Å². The highest BCUT2D eigenvalue weighted by Crippen LogP contribution is 2.33. The standard InChI is InChI=1S/C18H23ClN6O3/c1-13(11-28-2)22-17-16(25(26)27)18(21-12-20-17)24-8-6-23(7-9-24)15-5-3-4-14(19)10-15/h3-5,10,12-13H,6-9,11H2,1-2H3,(H,20,21,22). The van der Waals surface area contributed by atoms with Crippen LogP contribution in [0.4, 0.5) is 23.0 Å². The number of halogens is 1. The van der Waals surface area contributed by atoms with E-state index in [1.54, 1.807) is 7.11 Å². The Bertz CT molecular complexity index is 829. The Labute approximate surface area is 168 Å². The minimum atomic E-state index is -0.430. The summed E-state index contributed by atoms with van der Waals surface area (Å²) in [5.74, 6) is 0.537. The first-order chi connectivity index (χ1) is 13.5. The molecule has 1 aromatic carbocycles. The summed E-state index contributed by atoms with van der Waals surface area (Å²) in [5, 5.41) is 15.5. The van der Waals surface area contributed by atoms with Crippen molar-refractivity contribution >= 4 is 34.6 Å². The highest BCUT2D eigenvalue weighted by Gasteiger charge is 2.29. The SMILES string of the molecule is COCC(C)Nc1ncnc(N2CCN(c3cccc(Cl)c3)CC2)c1[N+](=O)[O-]. The fraction of sp³-hybridized carbons (Fsp3) is 0.444. The van der Waals surface area contributed by atoms with Gasteiger partial charge in [-0.15, -0.1) is 0 Å². The smallest absolute Gasteiger partial charge is 0.353 e. The van der Waals surface area contributed by atoms with Crippen molar-refractivity contribution in [3.63, 3.8) is 0 Å². The van der Waals surface area contributed by atoms with Crippen molar-refractivity contribution in [2.75, 3.05) is 55.0 Å². The second-order valence-electron chi connectivity index (χ2n) is 6.61. The van der Waals surface area contributed by atoms with Gasteiger partial charge in [-0.05, 0) is 25.1 Å². The molecule has 1 aliphatic rings. The molecule has 1 N–H and O–H groups in total. The van der Waals surface area contributed by atoms with Crippen LogP contribution in [0.3, 0.4) is 0 Å². The highest BCUT2D eigenvalue weighted by atomic mass is 35.5. The summed E-state index contributed by atoms with van der Waals surface area (Å²) in [6, 6.07) is 7.56. The van der Waals surface area contributed by atoms with Crippen LogP contribution >= 0.6 is 11.6 Å². The van der Waals surface area contributed by atoms with Crippen molar-refractivity contribution in [1.82, 2.24) is 9.97 Å². The van der Waals surface area contributed by atoms with E-state index in [9.17, 15) is 10.1 Å². The normalized spacial score (nSPS) is 15.4. The Balaban J connectivity index is 1.77. The minimum Gasteiger partial charge on any atom is -0.383 e. The van der Waals surface area contributed by atoms with Gasteiger partial charge >= 0.3 is 5.69 Å². The van der Waals surface area contributed by atoms with Gasteiger partial charge in [0.1, 0.15) is 6.33 Å². The monoisotopic (exact) mass is 406 g/mol. The number of nitrogens with zero attached hydrogens (tertiary/aromatic N) is 5. The van der Waals surface area contributed by atoms with E-state index in [0.29, 0.717) is 43.6 Å². The number of aromatic nitrogens is 2. The average Bonchev–Trinajstić information content (AvgIpc) is 2.68. The summed E-state index contributed by atoms with van der Waals surface area (Å²) in [7, 11) is 1.58. The first-order valence-electron chi connectivity index (χ1n) is 9.00. The predicted molar refractivity (Wildman–Crippen MR) is 110 cm³/mol. The van der Waals surface area contributed by atoms with E-state index < -0.39 is 4.92 Å². The van der Waals surface area contributed by atoms with Crippen LogP contribution in [-0.2, 0) is 4.74 Å². The number of hydrogen-bond acceptors (Lipinski definition) is 8. The Hall–Kier alpha value is -2.65. The zero-order valence-corrected chi connectivity index (χ0v) is 16.6. The molecular formula is C18H23ClN6O3. The van der Waals surface area contributed by atoms with Crippen LogP contribution in [0.15, 0.2) is 30.6 Å². The second-order valence-corrected chi connectivity index (χ2v) is 7.04. The lowest BCUT2D eigenvalue weighted by Gasteiger charge is -2.36. The Morgan fingerprint density at radius 3 is 2.64 bits per heavy atom. The Morgan fingerprint density at radius 2 is 2.00 bits per heavy atom. The summed E-state index contributed by atoms with van der Waals surface area (Å²) in [6.45, 7) is 4.93. The highest BCUT2D eigenvalue weighted by molar-refractivity contribution is 6.30. The third-order valence-electron chi connectivity index (χ3n) is 4.54. The molecule has 9 nitrogen and oxygen atoms in total. The number of anilines is 3. The van der Waals surface area contributed by atoms with Gasteiger partial charge in [0.25, 0.3) is 0 Å². The van der Waals surface area contributed by atoms with Crippen LogP contribution in [0.25, 0.3) is 0 Å². The van der Waals surface area contributed by atoms with Gasteiger partial charge in [0.05, 0.1) is 11.5 Å². The molecule has 1 unspecified atom stereocenters. The maximum atomic E-state index is 11.8. The van der Waals surface area contributed by atoms with Crippen molar-refractivity contribution in [3.8, 4) is 0 Å². The van der Waals surface area contributed by atoms with Crippen LogP contribution in [0, 0.1) is 10.1 Å². The maximum Gasteiger partial charge on any atom is 0.353 e. The quantitative estimate of drug-likeness (QED) is 0.553. The van der Waals surface area contributed by atoms with E-state index in [1.807, 2.05) is 36.1 Å². The average molecular weight is 407 g/mol. The fourth-order valence-electron chi connectivity index (χ4n) is 3.25. The summed E-state index contributed by atoms with van der Waals surface area (Å²) >= 11 is 6.08. The molecule has 0 bridgehead atoms. The second kappa shape index (κ2) is 9.03. The van der Waals surface area contributed by atoms with Crippen LogP contribution in [-0.4, -0.2) is 60.8 Å². The molecule has 0 radical (unpaired) electrons. The van der Waals surface area contributed by atoms with E-state index in [4.69, 9.17) is 16.3 Å². The first kappa shape index (κ1) is 20.1. The molecule has 10 heteroatoms. The van der Waals surface area contributed by atoms with Crippen LogP contribution in [0.5, 0.6) is 0 Å². The first-order valence-corrected chi connectivity index (χ1v) is 9.37. The van der Waals surface area contributed by atoms with Crippen molar-refractivity contribution in [2.45, 2.75) is 13.0 Å². The molecule has 2 aromatic rings. The number of methoxy groups -OCH3 is 1. The van der Waals surface area contributed by atoms with Crippen molar-refractivity contribution < 1.29 is 9.66 Å². The molecule has 1 aliphatic heterocycles. The number of rotatable bonds is 7. The third-order valence-corrected chi connectivity index (χ3v) is 4.77. The number of benzene rings is 1. The van der Waals surface area contributed by atoms with E-state index in [0.717, 1.165) is 5.69 Å². The number of nitrogens with one attached hydrogen (secondary N) is 1. The third kappa shape index (κ3) is 4.60. The zero-order chi connectivity index (χ0) is 20.1. The molecule has 1 atom stereocenters.